The SMILES string of the molecule is CC(=O)SCC(=Cc1ccc(C(=O)O)c(O)c1)B1OC(C)(C)C(C)(C)O1. The van der Waals surface area contributed by atoms with Crippen molar-refractivity contribution < 1.29 is 29.1 Å². The van der Waals surface area contributed by atoms with Gasteiger partial charge in [0, 0.05) is 12.7 Å². The molecule has 2 rings (SSSR count). The normalized spacial score (nSPS) is 18.8. The summed E-state index contributed by atoms with van der Waals surface area (Å²) < 4.78 is 12.1. The van der Waals surface area contributed by atoms with Crippen LogP contribution in [0, 0.1) is 0 Å². The largest absolute Gasteiger partial charge is 0.507 e. The zero-order valence-corrected chi connectivity index (χ0v) is 16.3. The number of hydrogen-bond acceptors (Lipinski definition) is 6. The van der Waals surface area contributed by atoms with Crippen LogP contribution in [0.2, 0.25) is 0 Å². The minimum atomic E-state index is -1.20. The number of hydrogen-bond donors (Lipinski definition) is 2. The fourth-order valence-electron chi connectivity index (χ4n) is 2.39. The van der Waals surface area contributed by atoms with Crippen LogP contribution in [-0.4, -0.2) is 45.4 Å². The molecule has 2 N–H and O–H groups in total. The van der Waals surface area contributed by atoms with E-state index in [2.05, 4.69) is 0 Å². The summed E-state index contributed by atoms with van der Waals surface area (Å²) in [5, 5.41) is 18.9. The maximum absolute atomic E-state index is 11.4. The zero-order valence-electron chi connectivity index (χ0n) is 15.5. The predicted molar refractivity (Wildman–Crippen MR) is 102 cm³/mol. The van der Waals surface area contributed by atoms with Crippen molar-refractivity contribution in [3.63, 3.8) is 0 Å². The van der Waals surface area contributed by atoms with Crippen molar-refractivity contribution >= 4 is 36.0 Å². The Morgan fingerprint density at radius 2 is 1.77 bits per heavy atom. The van der Waals surface area contributed by atoms with E-state index >= 15 is 0 Å². The smallest absolute Gasteiger partial charge is 0.491 e. The maximum atomic E-state index is 11.4. The van der Waals surface area contributed by atoms with E-state index < -0.39 is 24.3 Å². The van der Waals surface area contributed by atoms with Crippen LogP contribution >= 0.6 is 11.8 Å². The molecule has 0 atom stereocenters. The highest BCUT2D eigenvalue weighted by Gasteiger charge is 2.52. The van der Waals surface area contributed by atoms with Crippen molar-refractivity contribution in [3.8, 4) is 5.75 Å². The Labute approximate surface area is 157 Å². The molecule has 140 valence electrons. The van der Waals surface area contributed by atoms with Crippen molar-refractivity contribution in [2.24, 2.45) is 0 Å². The fourth-order valence-corrected chi connectivity index (χ4v) is 2.98. The molecule has 0 aromatic heterocycles. The highest BCUT2D eigenvalue weighted by molar-refractivity contribution is 8.13. The Hall–Kier alpha value is -1.77. The van der Waals surface area contributed by atoms with Crippen LogP contribution in [0.15, 0.2) is 23.7 Å². The van der Waals surface area contributed by atoms with Gasteiger partial charge in [-0.1, -0.05) is 23.9 Å². The molecule has 1 fully saturated rings. The van der Waals surface area contributed by atoms with Gasteiger partial charge < -0.3 is 19.5 Å². The quantitative estimate of drug-likeness (QED) is 0.759. The number of aromatic carboxylic acids is 1. The van der Waals surface area contributed by atoms with E-state index in [9.17, 15) is 14.7 Å². The van der Waals surface area contributed by atoms with Gasteiger partial charge in [-0.2, -0.15) is 0 Å². The monoisotopic (exact) mass is 378 g/mol. The van der Waals surface area contributed by atoms with Gasteiger partial charge in [-0.25, -0.2) is 4.79 Å². The number of benzene rings is 1. The Bertz CT molecular complexity index is 740. The molecule has 1 aromatic carbocycles. The lowest BCUT2D eigenvalue weighted by atomic mass is 9.78. The topological polar surface area (TPSA) is 93.1 Å². The van der Waals surface area contributed by atoms with Gasteiger partial charge in [0.05, 0.1) is 11.2 Å². The molecular formula is C18H23BO6S. The molecule has 6 nitrogen and oxygen atoms in total. The molecule has 0 radical (unpaired) electrons. The molecule has 1 aliphatic rings. The van der Waals surface area contributed by atoms with Gasteiger partial charge in [0.2, 0.25) is 0 Å². The summed E-state index contributed by atoms with van der Waals surface area (Å²) >= 11 is 1.13. The van der Waals surface area contributed by atoms with Crippen molar-refractivity contribution in [2.45, 2.75) is 45.8 Å². The third kappa shape index (κ3) is 4.49. The second-order valence-corrected chi connectivity index (χ2v) is 8.32. The van der Waals surface area contributed by atoms with Gasteiger partial charge in [0.15, 0.2) is 5.12 Å². The van der Waals surface area contributed by atoms with E-state index in [1.807, 2.05) is 27.7 Å². The molecule has 8 heteroatoms. The van der Waals surface area contributed by atoms with Crippen molar-refractivity contribution in [1.82, 2.24) is 0 Å². The van der Waals surface area contributed by atoms with Crippen LogP contribution < -0.4 is 0 Å². The van der Waals surface area contributed by atoms with Gasteiger partial charge >= 0.3 is 13.1 Å². The van der Waals surface area contributed by atoms with Crippen LogP contribution in [0.25, 0.3) is 6.08 Å². The molecule has 1 aromatic rings. The van der Waals surface area contributed by atoms with Crippen LogP contribution in [0.5, 0.6) is 5.75 Å². The number of aromatic hydroxyl groups is 1. The van der Waals surface area contributed by atoms with E-state index in [0.29, 0.717) is 11.3 Å². The van der Waals surface area contributed by atoms with E-state index in [1.54, 1.807) is 12.1 Å². The highest BCUT2D eigenvalue weighted by atomic mass is 32.2. The van der Waals surface area contributed by atoms with Crippen LogP contribution in [0.3, 0.4) is 0 Å². The maximum Gasteiger partial charge on any atom is 0.491 e. The van der Waals surface area contributed by atoms with E-state index in [-0.39, 0.29) is 16.4 Å². The highest BCUT2D eigenvalue weighted by Crippen LogP contribution is 2.39. The summed E-state index contributed by atoms with van der Waals surface area (Å²) in [7, 11) is -0.631. The Kier molecular flexibility index (Phi) is 5.90. The number of carboxylic acid groups (broad SMARTS) is 1. The zero-order chi connectivity index (χ0) is 19.7. The number of carbonyl (C=O) groups is 2. The second-order valence-electron chi connectivity index (χ2n) is 7.17. The van der Waals surface area contributed by atoms with Crippen molar-refractivity contribution in [2.75, 3.05) is 5.75 Å². The molecule has 0 saturated carbocycles. The van der Waals surface area contributed by atoms with Crippen LogP contribution in [-0.2, 0) is 14.1 Å². The molecule has 0 bridgehead atoms. The number of carboxylic acids is 1. The molecular weight excluding hydrogens is 355 g/mol. The molecule has 26 heavy (non-hydrogen) atoms. The average molecular weight is 378 g/mol. The summed E-state index contributed by atoms with van der Waals surface area (Å²) in [6.07, 6.45) is 1.75. The first kappa shape index (κ1) is 20.5. The lowest BCUT2D eigenvalue weighted by molar-refractivity contribution is -0.109. The lowest BCUT2D eigenvalue weighted by Gasteiger charge is -2.32. The third-order valence-corrected chi connectivity index (χ3v) is 5.49. The Morgan fingerprint density at radius 1 is 1.19 bits per heavy atom. The Balaban J connectivity index is 2.36. The molecule has 1 saturated heterocycles. The Morgan fingerprint density at radius 3 is 2.23 bits per heavy atom. The average Bonchev–Trinajstić information content (AvgIpc) is 2.71. The van der Waals surface area contributed by atoms with Gasteiger partial charge in [0.25, 0.3) is 0 Å². The summed E-state index contributed by atoms with van der Waals surface area (Å²) in [4.78, 5) is 22.4. The van der Waals surface area contributed by atoms with E-state index in [1.165, 1.54) is 19.1 Å². The number of carbonyl (C=O) groups excluding carboxylic acids is 1. The van der Waals surface area contributed by atoms with E-state index in [4.69, 9.17) is 14.4 Å². The lowest BCUT2D eigenvalue weighted by Crippen LogP contribution is -2.41. The summed E-state index contributed by atoms with van der Waals surface area (Å²) in [6.45, 7) is 9.25. The predicted octanol–water partition coefficient (Wildman–Crippen LogP) is 3.38. The number of phenols is 1. The summed E-state index contributed by atoms with van der Waals surface area (Å²) in [5.41, 5.74) is 0.116. The molecule has 0 amide bonds. The van der Waals surface area contributed by atoms with Crippen molar-refractivity contribution in [1.29, 1.82) is 0 Å². The van der Waals surface area contributed by atoms with Gasteiger partial charge in [-0.3, -0.25) is 4.79 Å². The first-order chi connectivity index (χ1) is 11.9. The van der Waals surface area contributed by atoms with Crippen LogP contribution in [0.1, 0.15) is 50.5 Å². The minimum Gasteiger partial charge on any atom is -0.507 e. The molecule has 1 aliphatic heterocycles. The minimum absolute atomic E-state index is 0.0310. The standard InChI is InChI=1S/C18H23BO6S/c1-11(20)26-10-13(19-24-17(2,3)18(4,5)25-19)8-12-6-7-14(16(22)23)15(21)9-12/h6-9,21H,10H2,1-5H3,(H,22,23). The van der Waals surface area contributed by atoms with Gasteiger partial charge in [-0.05, 0) is 50.9 Å². The number of rotatable bonds is 5. The summed E-state index contributed by atoms with van der Waals surface area (Å²) in [5.74, 6) is -1.15. The first-order valence-electron chi connectivity index (χ1n) is 8.19. The fraction of sp³-hybridized carbons (Fsp3) is 0.444. The van der Waals surface area contributed by atoms with E-state index in [0.717, 1.165) is 17.2 Å². The number of thioether (sulfide) groups is 1. The molecule has 0 spiro atoms. The second kappa shape index (κ2) is 7.46. The van der Waals surface area contributed by atoms with Crippen molar-refractivity contribution in [3.05, 3.63) is 34.8 Å². The summed E-state index contributed by atoms with van der Waals surface area (Å²) in [6, 6.07) is 4.30. The van der Waals surface area contributed by atoms with Crippen LogP contribution in [0.4, 0.5) is 0 Å². The first-order valence-corrected chi connectivity index (χ1v) is 9.17. The third-order valence-electron chi connectivity index (χ3n) is 4.60. The molecule has 0 aliphatic carbocycles. The van der Waals surface area contributed by atoms with Gasteiger partial charge in [-0.15, -0.1) is 0 Å². The molecule has 0 unspecified atom stereocenters. The van der Waals surface area contributed by atoms with Gasteiger partial charge in [0.1, 0.15) is 11.3 Å². The molecule has 1 heterocycles.